The fourth-order valence-corrected chi connectivity index (χ4v) is 2.85. The van der Waals surface area contributed by atoms with E-state index in [2.05, 4.69) is 15.3 Å². The highest BCUT2D eigenvalue weighted by Crippen LogP contribution is 2.32. The second kappa shape index (κ2) is 6.72. The summed E-state index contributed by atoms with van der Waals surface area (Å²) in [5.74, 6) is 0.708. The first-order chi connectivity index (χ1) is 10.7. The molecule has 1 aliphatic heterocycles. The van der Waals surface area contributed by atoms with E-state index in [4.69, 9.17) is 0 Å². The van der Waals surface area contributed by atoms with E-state index in [9.17, 15) is 18.0 Å². The van der Waals surface area contributed by atoms with Gasteiger partial charge in [-0.1, -0.05) is 6.92 Å². The number of nitrogens with zero attached hydrogens (tertiary/aromatic N) is 3. The molecular weight excluding hydrogens is 309 g/mol. The summed E-state index contributed by atoms with van der Waals surface area (Å²) >= 11 is 0. The maximum atomic E-state index is 13.0. The molecule has 0 saturated carbocycles. The molecule has 2 atom stereocenters. The van der Waals surface area contributed by atoms with E-state index in [1.807, 2.05) is 13.8 Å². The van der Waals surface area contributed by atoms with Crippen molar-refractivity contribution in [3.63, 3.8) is 0 Å². The SMILES string of the molecule is CCc1nc(C)cc(NC2CCC(C(F)(F)F)N(C(C)=O)C2)n1. The van der Waals surface area contributed by atoms with Crippen LogP contribution in [-0.2, 0) is 11.2 Å². The molecule has 1 aliphatic rings. The zero-order valence-corrected chi connectivity index (χ0v) is 13.4. The highest BCUT2D eigenvalue weighted by atomic mass is 19.4. The molecule has 8 heteroatoms. The van der Waals surface area contributed by atoms with E-state index in [1.54, 1.807) is 6.07 Å². The molecule has 128 valence electrons. The Morgan fingerprint density at radius 1 is 1.39 bits per heavy atom. The molecule has 1 aromatic heterocycles. The summed E-state index contributed by atoms with van der Waals surface area (Å²) in [4.78, 5) is 21.1. The normalized spacial score (nSPS) is 22.1. The summed E-state index contributed by atoms with van der Waals surface area (Å²) in [6.07, 6.45) is -3.49. The van der Waals surface area contributed by atoms with Crippen LogP contribution in [0.25, 0.3) is 0 Å². The van der Waals surface area contributed by atoms with Crippen LogP contribution in [0.5, 0.6) is 0 Å². The molecule has 1 fully saturated rings. The maximum absolute atomic E-state index is 13.0. The second-order valence-electron chi connectivity index (χ2n) is 5.81. The number of aryl methyl sites for hydroxylation is 2. The first-order valence-electron chi connectivity index (χ1n) is 7.65. The Kier molecular flexibility index (Phi) is 5.11. The molecule has 1 N–H and O–H groups in total. The molecule has 0 aromatic carbocycles. The lowest BCUT2D eigenvalue weighted by atomic mass is 9.97. The quantitative estimate of drug-likeness (QED) is 0.926. The minimum atomic E-state index is -4.39. The minimum absolute atomic E-state index is 0.0179. The van der Waals surface area contributed by atoms with Gasteiger partial charge < -0.3 is 10.2 Å². The fraction of sp³-hybridized carbons (Fsp3) is 0.667. The minimum Gasteiger partial charge on any atom is -0.365 e. The standard InChI is InChI=1S/C15H21F3N4O/c1-4-13-19-9(2)7-14(21-13)20-11-5-6-12(15(16,17)18)22(8-11)10(3)23/h7,11-12H,4-6,8H2,1-3H3,(H,19,20,21). The number of nitrogens with one attached hydrogen (secondary N) is 1. The Hall–Kier alpha value is -1.86. The van der Waals surface area contributed by atoms with Gasteiger partial charge in [0.1, 0.15) is 17.7 Å². The van der Waals surface area contributed by atoms with Crippen LogP contribution in [0.1, 0.15) is 38.2 Å². The predicted molar refractivity (Wildman–Crippen MR) is 80.0 cm³/mol. The number of amides is 1. The maximum Gasteiger partial charge on any atom is 0.408 e. The van der Waals surface area contributed by atoms with Gasteiger partial charge in [0.2, 0.25) is 5.91 Å². The van der Waals surface area contributed by atoms with Crippen molar-refractivity contribution in [1.82, 2.24) is 14.9 Å². The van der Waals surface area contributed by atoms with Crippen LogP contribution in [0.3, 0.4) is 0 Å². The van der Waals surface area contributed by atoms with Crippen molar-refractivity contribution in [1.29, 1.82) is 0 Å². The average molecular weight is 330 g/mol. The van der Waals surface area contributed by atoms with E-state index >= 15 is 0 Å². The van der Waals surface area contributed by atoms with Crippen molar-refractivity contribution in [3.8, 4) is 0 Å². The number of rotatable bonds is 3. The summed E-state index contributed by atoms with van der Waals surface area (Å²) in [6.45, 7) is 4.97. The number of halogens is 3. The van der Waals surface area contributed by atoms with Gasteiger partial charge in [-0.05, 0) is 19.8 Å². The van der Waals surface area contributed by atoms with E-state index in [-0.39, 0.29) is 19.0 Å². The molecule has 0 bridgehead atoms. The molecule has 0 spiro atoms. The summed E-state index contributed by atoms with van der Waals surface area (Å²) < 4.78 is 39.1. The van der Waals surface area contributed by atoms with Crippen molar-refractivity contribution in [2.75, 3.05) is 11.9 Å². The van der Waals surface area contributed by atoms with E-state index < -0.39 is 18.1 Å². The van der Waals surface area contributed by atoms with Crippen molar-refractivity contribution in [2.45, 2.75) is 58.3 Å². The number of hydrogen-bond donors (Lipinski definition) is 1. The van der Waals surface area contributed by atoms with Crippen molar-refractivity contribution >= 4 is 11.7 Å². The molecule has 5 nitrogen and oxygen atoms in total. The van der Waals surface area contributed by atoms with Crippen LogP contribution in [0.4, 0.5) is 19.0 Å². The third-order valence-electron chi connectivity index (χ3n) is 3.93. The van der Waals surface area contributed by atoms with Gasteiger partial charge in [0.25, 0.3) is 0 Å². The largest absolute Gasteiger partial charge is 0.408 e. The van der Waals surface area contributed by atoms with Gasteiger partial charge in [-0.2, -0.15) is 13.2 Å². The summed E-state index contributed by atoms with van der Waals surface area (Å²) in [5.41, 5.74) is 0.798. The Bertz CT molecular complexity index is 576. The van der Waals surface area contributed by atoms with Crippen molar-refractivity contribution in [2.24, 2.45) is 0 Å². The number of hydrogen-bond acceptors (Lipinski definition) is 4. The molecule has 23 heavy (non-hydrogen) atoms. The van der Waals surface area contributed by atoms with Crippen LogP contribution < -0.4 is 5.32 Å². The molecule has 2 rings (SSSR count). The smallest absolute Gasteiger partial charge is 0.365 e. The topological polar surface area (TPSA) is 58.1 Å². The van der Waals surface area contributed by atoms with E-state index in [0.717, 1.165) is 10.6 Å². The zero-order chi connectivity index (χ0) is 17.2. The van der Waals surface area contributed by atoms with Crippen LogP contribution in [0.15, 0.2) is 6.07 Å². The third-order valence-corrected chi connectivity index (χ3v) is 3.93. The van der Waals surface area contributed by atoms with Gasteiger partial charge in [-0.3, -0.25) is 4.79 Å². The fourth-order valence-electron chi connectivity index (χ4n) is 2.85. The summed E-state index contributed by atoms with van der Waals surface area (Å²) in [6, 6.07) is -0.194. The van der Waals surface area contributed by atoms with Gasteiger partial charge >= 0.3 is 6.18 Å². The van der Waals surface area contributed by atoms with Gasteiger partial charge in [0.15, 0.2) is 0 Å². The Morgan fingerprint density at radius 3 is 2.65 bits per heavy atom. The molecule has 0 aliphatic carbocycles. The van der Waals surface area contributed by atoms with Crippen LogP contribution >= 0.6 is 0 Å². The summed E-state index contributed by atoms with van der Waals surface area (Å²) in [5, 5.41) is 3.14. The van der Waals surface area contributed by atoms with Crippen LogP contribution in [-0.4, -0.2) is 45.6 Å². The van der Waals surface area contributed by atoms with E-state index in [1.165, 1.54) is 6.92 Å². The number of anilines is 1. The van der Waals surface area contributed by atoms with Gasteiger partial charge in [0, 0.05) is 37.7 Å². The molecule has 2 unspecified atom stereocenters. The molecule has 1 saturated heterocycles. The second-order valence-corrected chi connectivity index (χ2v) is 5.81. The highest BCUT2D eigenvalue weighted by Gasteiger charge is 2.47. The van der Waals surface area contributed by atoms with Gasteiger partial charge in [-0.25, -0.2) is 9.97 Å². The predicted octanol–water partition coefficient (Wildman–Crippen LogP) is 2.70. The molecular formula is C15H21F3N4O. The van der Waals surface area contributed by atoms with Crippen LogP contribution in [0.2, 0.25) is 0 Å². The average Bonchev–Trinajstić information content (AvgIpc) is 2.45. The van der Waals surface area contributed by atoms with Crippen molar-refractivity contribution < 1.29 is 18.0 Å². The number of likely N-dealkylation sites (tertiary alicyclic amines) is 1. The van der Waals surface area contributed by atoms with E-state index in [0.29, 0.717) is 24.5 Å². The lowest BCUT2D eigenvalue weighted by Gasteiger charge is -2.40. The molecule has 2 heterocycles. The number of carbonyl (C=O) groups excluding carboxylic acids is 1. The lowest BCUT2D eigenvalue weighted by molar-refractivity contribution is -0.195. The summed E-state index contributed by atoms with van der Waals surface area (Å²) in [7, 11) is 0. The molecule has 1 amide bonds. The third kappa shape index (κ3) is 4.33. The number of alkyl halides is 3. The Labute approximate surface area is 133 Å². The van der Waals surface area contributed by atoms with Gasteiger partial charge in [0.05, 0.1) is 0 Å². The van der Waals surface area contributed by atoms with Crippen LogP contribution in [0, 0.1) is 6.92 Å². The monoisotopic (exact) mass is 330 g/mol. The first kappa shape index (κ1) is 17.5. The molecule has 0 radical (unpaired) electrons. The number of piperidine rings is 1. The number of carbonyl (C=O) groups is 1. The van der Waals surface area contributed by atoms with Crippen molar-refractivity contribution in [3.05, 3.63) is 17.6 Å². The Morgan fingerprint density at radius 2 is 2.09 bits per heavy atom. The first-order valence-corrected chi connectivity index (χ1v) is 7.65. The highest BCUT2D eigenvalue weighted by molar-refractivity contribution is 5.74. The molecule has 1 aromatic rings. The lowest BCUT2D eigenvalue weighted by Crippen LogP contribution is -2.55. The van der Waals surface area contributed by atoms with Gasteiger partial charge in [-0.15, -0.1) is 0 Å². The zero-order valence-electron chi connectivity index (χ0n) is 13.4. The Balaban J connectivity index is 2.11. The number of aromatic nitrogens is 2.